The van der Waals surface area contributed by atoms with Crippen molar-refractivity contribution >= 4 is 29.9 Å². The number of nitrogens with one attached hydrogen (secondary N) is 1. The summed E-state index contributed by atoms with van der Waals surface area (Å²) in [4.78, 5) is 4.51. The molecule has 1 aliphatic rings. The fraction of sp³-hybridized carbons (Fsp3) is 0.938. The number of nitrogens with two attached hydrogens (primary N) is 1. The lowest BCUT2D eigenvalue weighted by Gasteiger charge is -2.36. The van der Waals surface area contributed by atoms with Crippen molar-refractivity contribution in [3.8, 4) is 0 Å². The van der Waals surface area contributed by atoms with Gasteiger partial charge in [-0.2, -0.15) is 0 Å². The molecule has 132 valence electrons. The van der Waals surface area contributed by atoms with Crippen molar-refractivity contribution in [2.75, 3.05) is 32.9 Å². The molecule has 0 aromatic rings. The van der Waals surface area contributed by atoms with Crippen LogP contribution in [0.25, 0.3) is 0 Å². The van der Waals surface area contributed by atoms with Gasteiger partial charge in [0.05, 0.1) is 12.1 Å². The number of hydrogen-bond donors (Lipinski definition) is 2. The Hall–Kier alpha value is -0.0800. The van der Waals surface area contributed by atoms with Crippen molar-refractivity contribution in [2.45, 2.75) is 64.4 Å². The quantitative estimate of drug-likeness (QED) is 0.243. The van der Waals surface area contributed by atoms with E-state index in [2.05, 4.69) is 17.2 Å². The van der Waals surface area contributed by atoms with Crippen molar-refractivity contribution in [1.29, 1.82) is 0 Å². The number of rotatable bonds is 10. The van der Waals surface area contributed by atoms with Gasteiger partial charge in [-0.05, 0) is 32.6 Å². The normalized spacial score (nSPS) is 17.8. The molecule has 6 heteroatoms. The summed E-state index contributed by atoms with van der Waals surface area (Å²) in [6.07, 6.45) is 7.99. The van der Waals surface area contributed by atoms with Crippen LogP contribution in [-0.4, -0.2) is 44.5 Å². The molecular weight excluding hydrogens is 393 g/mol. The third kappa shape index (κ3) is 9.15. The van der Waals surface area contributed by atoms with Gasteiger partial charge in [-0.3, -0.25) is 4.99 Å². The van der Waals surface area contributed by atoms with Gasteiger partial charge in [0.15, 0.2) is 5.96 Å². The Bertz CT molecular complexity index is 295. The van der Waals surface area contributed by atoms with Crippen LogP contribution in [0.4, 0.5) is 0 Å². The van der Waals surface area contributed by atoms with Gasteiger partial charge in [-0.25, -0.2) is 0 Å². The summed E-state index contributed by atoms with van der Waals surface area (Å²) in [6, 6.07) is 0. The molecule has 5 nitrogen and oxygen atoms in total. The van der Waals surface area contributed by atoms with Crippen LogP contribution in [0.2, 0.25) is 0 Å². The Morgan fingerprint density at radius 2 is 1.91 bits per heavy atom. The summed E-state index contributed by atoms with van der Waals surface area (Å²) in [7, 11) is 0. The second-order valence-corrected chi connectivity index (χ2v) is 5.77. The summed E-state index contributed by atoms with van der Waals surface area (Å²) < 4.78 is 11.4. The lowest BCUT2D eigenvalue weighted by atomic mass is 9.84. The Labute approximate surface area is 152 Å². The molecule has 0 aromatic carbocycles. The van der Waals surface area contributed by atoms with Gasteiger partial charge in [0, 0.05) is 26.4 Å². The Balaban J connectivity index is 0.00000441. The smallest absolute Gasteiger partial charge is 0.188 e. The van der Waals surface area contributed by atoms with E-state index in [1.54, 1.807) is 0 Å². The van der Waals surface area contributed by atoms with E-state index >= 15 is 0 Å². The molecule has 0 atom stereocenters. The zero-order chi connectivity index (χ0) is 15.4. The van der Waals surface area contributed by atoms with Crippen molar-refractivity contribution in [1.82, 2.24) is 5.32 Å². The third-order valence-corrected chi connectivity index (χ3v) is 3.89. The van der Waals surface area contributed by atoms with Crippen molar-refractivity contribution in [2.24, 2.45) is 10.7 Å². The molecule has 1 aliphatic carbocycles. The number of ether oxygens (including phenoxy) is 2. The first-order chi connectivity index (χ1) is 10.2. The molecule has 1 saturated carbocycles. The van der Waals surface area contributed by atoms with Crippen LogP contribution in [0.5, 0.6) is 0 Å². The molecule has 0 spiro atoms. The number of halogens is 1. The van der Waals surface area contributed by atoms with Crippen LogP contribution < -0.4 is 11.1 Å². The first-order valence-electron chi connectivity index (χ1n) is 8.48. The van der Waals surface area contributed by atoms with Crippen LogP contribution in [0, 0.1) is 0 Å². The maximum Gasteiger partial charge on any atom is 0.188 e. The van der Waals surface area contributed by atoms with Gasteiger partial charge in [-0.15, -0.1) is 24.0 Å². The fourth-order valence-electron chi connectivity index (χ4n) is 2.68. The van der Waals surface area contributed by atoms with Crippen molar-refractivity contribution in [3.63, 3.8) is 0 Å². The molecule has 3 N–H and O–H groups in total. The molecule has 0 heterocycles. The first kappa shape index (κ1) is 21.9. The van der Waals surface area contributed by atoms with Gasteiger partial charge in [0.25, 0.3) is 0 Å². The van der Waals surface area contributed by atoms with E-state index in [0.29, 0.717) is 12.5 Å². The fourth-order valence-corrected chi connectivity index (χ4v) is 2.68. The molecule has 0 aromatic heterocycles. The number of hydrogen-bond acceptors (Lipinski definition) is 3. The average molecular weight is 427 g/mol. The predicted molar refractivity (Wildman–Crippen MR) is 103 cm³/mol. The second-order valence-electron chi connectivity index (χ2n) is 5.77. The topological polar surface area (TPSA) is 68.9 Å². The molecule has 0 radical (unpaired) electrons. The number of aliphatic imine (C=N–C) groups is 1. The molecule has 22 heavy (non-hydrogen) atoms. The highest BCUT2D eigenvalue weighted by Gasteiger charge is 2.32. The zero-order valence-electron chi connectivity index (χ0n) is 14.2. The van der Waals surface area contributed by atoms with Crippen LogP contribution in [-0.2, 0) is 9.47 Å². The van der Waals surface area contributed by atoms with E-state index in [1.807, 2.05) is 6.92 Å². The molecule has 0 bridgehead atoms. The van der Waals surface area contributed by atoms with E-state index in [1.165, 1.54) is 19.3 Å². The Kier molecular flexibility index (Phi) is 13.3. The average Bonchev–Trinajstić information content (AvgIpc) is 2.52. The van der Waals surface area contributed by atoms with E-state index in [-0.39, 0.29) is 29.6 Å². The molecule has 0 aliphatic heterocycles. The zero-order valence-corrected chi connectivity index (χ0v) is 16.6. The highest BCUT2D eigenvalue weighted by atomic mass is 127. The van der Waals surface area contributed by atoms with Crippen molar-refractivity contribution < 1.29 is 9.47 Å². The number of guanidine groups is 1. The predicted octanol–water partition coefficient (Wildman–Crippen LogP) is 3.06. The van der Waals surface area contributed by atoms with Gasteiger partial charge in [0.1, 0.15) is 0 Å². The maximum absolute atomic E-state index is 6.12. The third-order valence-electron chi connectivity index (χ3n) is 3.89. The second kappa shape index (κ2) is 13.4. The molecular formula is C16H34IN3O2. The minimum Gasteiger partial charge on any atom is -0.382 e. The van der Waals surface area contributed by atoms with Gasteiger partial charge in [-0.1, -0.05) is 26.2 Å². The summed E-state index contributed by atoms with van der Waals surface area (Å²) in [6.45, 7) is 7.98. The van der Waals surface area contributed by atoms with Crippen LogP contribution in [0.3, 0.4) is 0 Å². The highest BCUT2D eigenvalue weighted by molar-refractivity contribution is 14.0. The molecule has 0 saturated heterocycles. The van der Waals surface area contributed by atoms with E-state index < -0.39 is 0 Å². The summed E-state index contributed by atoms with van der Waals surface area (Å²) in [5, 5.41) is 3.15. The maximum atomic E-state index is 6.12. The summed E-state index contributed by atoms with van der Waals surface area (Å²) >= 11 is 0. The largest absolute Gasteiger partial charge is 0.382 e. The molecule has 0 unspecified atom stereocenters. The van der Waals surface area contributed by atoms with Crippen molar-refractivity contribution in [3.05, 3.63) is 0 Å². The van der Waals surface area contributed by atoms with Crippen LogP contribution in [0.1, 0.15) is 58.8 Å². The van der Waals surface area contributed by atoms with E-state index in [4.69, 9.17) is 15.2 Å². The lowest BCUT2D eigenvalue weighted by Crippen LogP contribution is -2.41. The molecule has 0 amide bonds. The monoisotopic (exact) mass is 427 g/mol. The molecule has 1 fully saturated rings. The van der Waals surface area contributed by atoms with Crippen LogP contribution in [0.15, 0.2) is 4.99 Å². The Morgan fingerprint density at radius 1 is 1.18 bits per heavy atom. The SMILES string of the molecule is CCCOC1(CN=C(N)NCCCOCC)CCCCC1.I. The van der Waals surface area contributed by atoms with E-state index in [0.717, 1.165) is 52.0 Å². The lowest BCUT2D eigenvalue weighted by molar-refractivity contribution is -0.0624. The Morgan fingerprint density at radius 3 is 2.55 bits per heavy atom. The first-order valence-corrected chi connectivity index (χ1v) is 8.48. The highest BCUT2D eigenvalue weighted by Crippen LogP contribution is 2.32. The van der Waals surface area contributed by atoms with Gasteiger partial charge in [0.2, 0.25) is 0 Å². The standard InChI is InChI=1S/C16H33N3O2.HI/c1-3-12-21-16(9-6-5-7-10-16)14-19-15(17)18-11-8-13-20-4-2;/h3-14H2,1-2H3,(H3,17,18,19);1H. The molecule has 1 rings (SSSR count). The minimum atomic E-state index is -0.0775. The van der Waals surface area contributed by atoms with Gasteiger partial charge < -0.3 is 20.5 Å². The number of nitrogens with zero attached hydrogens (tertiary/aromatic N) is 1. The van der Waals surface area contributed by atoms with E-state index in [9.17, 15) is 0 Å². The summed E-state index contributed by atoms with van der Waals surface area (Å²) in [5.74, 6) is 0.525. The minimum absolute atomic E-state index is 0. The van der Waals surface area contributed by atoms with Gasteiger partial charge >= 0.3 is 0 Å². The van der Waals surface area contributed by atoms with Crippen LogP contribution >= 0.6 is 24.0 Å². The summed E-state index contributed by atoms with van der Waals surface area (Å²) in [5.41, 5.74) is 5.86.